The fourth-order valence-corrected chi connectivity index (χ4v) is 4.73. The van der Waals surface area contributed by atoms with Gasteiger partial charge in [-0.3, -0.25) is 0 Å². The van der Waals surface area contributed by atoms with E-state index in [0.717, 1.165) is 20.8 Å². The number of hydrogen-bond acceptors (Lipinski definition) is 4. The molecule has 1 N–H and O–H groups in total. The Kier molecular flexibility index (Phi) is 4.67. The molecule has 0 saturated heterocycles. The first-order valence-electron chi connectivity index (χ1n) is 7.47. The van der Waals surface area contributed by atoms with Crippen LogP contribution >= 0.6 is 11.3 Å². The summed E-state index contributed by atoms with van der Waals surface area (Å²) < 4.78 is 41.5. The summed E-state index contributed by atoms with van der Waals surface area (Å²) in [7, 11) is -3.55. The van der Waals surface area contributed by atoms with Crippen molar-refractivity contribution in [3.63, 3.8) is 0 Å². The molecule has 2 aromatic carbocycles. The molecule has 0 unspecified atom stereocenters. The van der Waals surface area contributed by atoms with Crippen LogP contribution in [0.15, 0.2) is 41.3 Å². The fraction of sp³-hybridized carbons (Fsp3) is 0.235. The number of sulfonamides is 1. The van der Waals surface area contributed by atoms with Gasteiger partial charge in [-0.05, 0) is 37.6 Å². The largest absolute Gasteiger partial charge is 0.241 e. The lowest BCUT2D eigenvalue weighted by atomic mass is 10.2. The van der Waals surface area contributed by atoms with Gasteiger partial charge in [-0.15, -0.1) is 11.3 Å². The summed E-state index contributed by atoms with van der Waals surface area (Å²) in [6.45, 7) is 3.95. The average molecular weight is 364 g/mol. The summed E-state index contributed by atoms with van der Waals surface area (Å²) in [6.07, 6.45) is 0.463. The molecule has 0 saturated carbocycles. The topological polar surface area (TPSA) is 59.1 Å². The van der Waals surface area contributed by atoms with Crippen molar-refractivity contribution in [2.24, 2.45) is 0 Å². The van der Waals surface area contributed by atoms with Crippen molar-refractivity contribution in [1.29, 1.82) is 0 Å². The van der Waals surface area contributed by atoms with Gasteiger partial charge in [0.1, 0.15) is 5.82 Å². The molecule has 4 nitrogen and oxygen atoms in total. The number of hydrogen-bond donors (Lipinski definition) is 1. The molecule has 3 rings (SSSR count). The molecule has 0 aliphatic rings. The molecule has 126 valence electrons. The molecule has 24 heavy (non-hydrogen) atoms. The second-order valence-electron chi connectivity index (χ2n) is 5.64. The number of aryl methyl sites for hydroxylation is 2. The van der Waals surface area contributed by atoms with Crippen molar-refractivity contribution in [3.8, 4) is 0 Å². The van der Waals surface area contributed by atoms with Crippen LogP contribution in [0.3, 0.4) is 0 Å². The monoisotopic (exact) mass is 364 g/mol. The first-order valence-corrected chi connectivity index (χ1v) is 9.77. The number of halogens is 1. The van der Waals surface area contributed by atoms with Crippen molar-refractivity contribution in [1.82, 2.24) is 9.71 Å². The molecule has 0 aliphatic heterocycles. The summed E-state index contributed by atoms with van der Waals surface area (Å²) in [5.74, 6) is -0.324. The van der Waals surface area contributed by atoms with Crippen molar-refractivity contribution < 1.29 is 12.8 Å². The van der Waals surface area contributed by atoms with Gasteiger partial charge in [0, 0.05) is 19.0 Å². The number of nitrogens with one attached hydrogen (secondary N) is 1. The Labute approximate surface area is 144 Å². The lowest BCUT2D eigenvalue weighted by Gasteiger charge is -2.09. The molecule has 7 heteroatoms. The van der Waals surface area contributed by atoms with Gasteiger partial charge in [-0.2, -0.15) is 0 Å². The third kappa shape index (κ3) is 3.63. The van der Waals surface area contributed by atoms with Crippen molar-refractivity contribution >= 4 is 31.6 Å². The van der Waals surface area contributed by atoms with Gasteiger partial charge in [0.15, 0.2) is 0 Å². The van der Waals surface area contributed by atoms with Crippen molar-refractivity contribution in [3.05, 3.63) is 58.3 Å². The van der Waals surface area contributed by atoms with Crippen LogP contribution in [0.5, 0.6) is 0 Å². The van der Waals surface area contributed by atoms with Crippen LogP contribution < -0.4 is 4.72 Å². The number of fused-ring (bicyclic) bond motifs is 1. The van der Waals surface area contributed by atoms with Gasteiger partial charge in [0.2, 0.25) is 10.0 Å². The highest BCUT2D eigenvalue weighted by Crippen LogP contribution is 2.23. The summed E-state index contributed by atoms with van der Waals surface area (Å²) in [6, 6.07) is 9.71. The quantitative estimate of drug-likeness (QED) is 0.753. The highest BCUT2D eigenvalue weighted by atomic mass is 32.2. The summed E-state index contributed by atoms with van der Waals surface area (Å²) >= 11 is 1.44. The van der Waals surface area contributed by atoms with Crippen LogP contribution in [0.25, 0.3) is 10.2 Å². The smallest absolute Gasteiger partial charge is 0.240 e. The van der Waals surface area contributed by atoms with Gasteiger partial charge in [-0.25, -0.2) is 22.5 Å². The Morgan fingerprint density at radius 2 is 1.96 bits per heavy atom. The molecular formula is C17H17FN2O2S2. The van der Waals surface area contributed by atoms with E-state index in [1.807, 2.05) is 13.0 Å². The first-order chi connectivity index (χ1) is 11.3. The lowest BCUT2D eigenvalue weighted by molar-refractivity contribution is 0.581. The van der Waals surface area contributed by atoms with Crippen LogP contribution in [0.4, 0.5) is 4.39 Å². The predicted octanol–water partition coefficient (Wildman–Crippen LogP) is 3.57. The number of aromatic nitrogens is 1. The Bertz CT molecular complexity index is 997. The van der Waals surface area contributed by atoms with Crippen LogP contribution in [0, 0.1) is 19.7 Å². The number of thiazole rings is 1. The van der Waals surface area contributed by atoms with E-state index >= 15 is 0 Å². The molecule has 0 amide bonds. The third-order valence-electron chi connectivity index (χ3n) is 3.64. The van der Waals surface area contributed by atoms with Crippen LogP contribution in [-0.4, -0.2) is 19.9 Å². The van der Waals surface area contributed by atoms with Gasteiger partial charge < -0.3 is 0 Å². The standard InChI is InChI=1S/C17H17FN2O2S2/c1-11-3-6-16(12(2)9-11)24(21,22)19-8-7-17-20-14-10-13(18)4-5-15(14)23-17/h3-6,9-10,19H,7-8H2,1-2H3. The number of nitrogens with zero attached hydrogens (tertiary/aromatic N) is 1. The molecule has 0 spiro atoms. The molecule has 1 aromatic heterocycles. The fourth-order valence-electron chi connectivity index (χ4n) is 2.53. The highest BCUT2D eigenvalue weighted by molar-refractivity contribution is 7.89. The molecule has 1 heterocycles. The molecule has 0 bridgehead atoms. The molecule has 0 atom stereocenters. The van der Waals surface area contributed by atoms with Gasteiger partial charge >= 0.3 is 0 Å². The highest BCUT2D eigenvalue weighted by Gasteiger charge is 2.16. The minimum atomic E-state index is -3.55. The van der Waals surface area contributed by atoms with Gasteiger partial charge in [0.05, 0.1) is 20.1 Å². The second-order valence-corrected chi connectivity index (χ2v) is 8.49. The lowest BCUT2D eigenvalue weighted by Crippen LogP contribution is -2.26. The van der Waals surface area contributed by atoms with E-state index in [0.29, 0.717) is 16.8 Å². The first kappa shape index (κ1) is 17.0. The molecular weight excluding hydrogens is 347 g/mol. The maximum absolute atomic E-state index is 13.2. The van der Waals surface area contributed by atoms with E-state index in [4.69, 9.17) is 0 Å². The summed E-state index contributed by atoms with van der Waals surface area (Å²) in [5, 5.41) is 0.777. The van der Waals surface area contributed by atoms with Crippen LogP contribution in [0.1, 0.15) is 16.1 Å². The zero-order valence-electron chi connectivity index (χ0n) is 13.3. The summed E-state index contributed by atoms with van der Waals surface area (Å²) in [5.41, 5.74) is 2.35. The van der Waals surface area contributed by atoms with E-state index in [1.165, 1.54) is 23.5 Å². The van der Waals surface area contributed by atoms with E-state index in [9.17, 15) is 12.8 Å². The van der Waals surface area contributed by atoms with E-state index < -0.39 is 10.0 Å². The minimum absolute atomic E-state index is 0.248. The Morgan fingerprint density at radius 3 is 2.71 bits per heavy atom. The predicted molar refractivity (Wildman–Crippen MR) is 94.4 cm³/mol. The van der Waals surface area contributed by atoms with E-state index in [2.05, 4.69) is 9.71 Å². The normalized spacial score (nSPS) is 12.0. The summed E-state index contributed by atoms with van der Waals surface area (Å²) in [4.78, 5) is 4.63. The molecule has 0 radical (unpaired) electrons. The Balaban J connectivity index is 1.70. The van der Waals surface area contributed by atoms with Crippen LogP contribution in [-0.2, 0) is 16.4 Å². The zero-order chi connectivity index (χ0) is 17.3. The number of rotatable bonds is 5. The van der Waals surface area contributed by atoms with Crippen molar-refractivity contribution in [2.75, 3.05) is 6.54 Å². The molecule has 3 aromatic rings. The van der Waals surface area contributed by atoms with Crippen molar-refractivity contribution in [2.45, 2.75) is 25.2 Å². The SMILES string of the molecule is Cc1ccc(S(=O)(=O)NCCc2nc3cc(F)ccc3s2)c(C)c1. The Hall–Kier alpha value is -1.83. The van der Waals surface area contributed by atoms with Crippen LogP contribution in [0.2, 0.25) is 0 Å². The van der Waals surface area contributed by atoms with Gasteiger partial charge in [-0.1, -0.05) is 17.7 Å². The third-order valence-corrected chi connectivity index (χ3v) is 6.36. The average Bonchev–Trinajstić information content (AvgIpc) is 2.88. The molecule has 0 fully saturated rings. The molecule has 0 aliphatic carbocycles. The minimum Gasteiger partial charge on any atom is -0.241 e. The maximum Gasteiger partial charge on any atom is 0.240 e. The van der Waals surface area contributed by atoms with E-state index in [-0.39, 0.29) is 12.4 Å². The Morgan fingerprint density at radius 1 is 1.17 bits per heavy atom. The van der Waals surface area contributed by atoms with E-state index in [1.54, 1.807) is 25.1 Å². The second kappa shape index (κ2) is 6.58. The van der Waals surface area contributed by atoms with Gasteiger partial charge in [0.25, 0.3) is 0 Å². The zero-order valence-corrected chi connectivity index (χ0v) is 15.0. The number of benzene rings is 2. The maximum atomic E-state index is 13.2.